The molecule has 0 amide bonds. The number of unbranched alkanes of at least 4 members (excludes halogenated alkanes) is 23. The zero-order valence-corrected chi connectivity index (χ0v) is 37.3. The Morgan fingerprint density at radius 1 is 0.564 bits per heavy atom. The molecule has 0 saturated heterocycles. The number of carbonyl (C=O) groups is 2. The summed E-state index contributed by atoms with van der Waals surface area (Å²) in [5, 5.41) is 0. The van der Waals surface area contributed by atoms with Crippen LogP contribution in [0.5, 0.6) is 0 Å². The number of esters is 2. The fraction of sp³-hybridized carbons (Fsp3) is 0.867. The van der Waals surface area contributed by atoms with E-state index in [0.29, 0.717) is 17.4 Å². The third-order valence-corrected chi connectivity index (χ3v) is 10.7. The Bertz CT molecular complexity index is 996. The van der Waals surface area contributed by atoms with E-state index in [9.17, 15) is 19.0 Å². The lowest BCUT2D eigenvalue weighted by atomic mass is 10.0. The van der Waals surface area contributed by atoms with Gasteiger partial charge in [0, 0.05) is 12.8 Å². The van der Waals surface area contributed by atoms with Crippen LogP contribution in [0.15, 0.2) is 24.3 Å². The second-order valence-electron chi connectivity index (χ2n) is 16.4. The number of quaternary nitrogens is 1. The van der Waals surface area contributed by atoms with Crippen molar-refractivity contribution in [2.75, 3.05) is 47.5 Å². The quantitative estimate of drug-likeness (QED) is 0.0198. The van der Waals surface area contributed by atoms with Gasteiger partial charge in [0.1, 0.15) is 19.8 Å². The third-order valence-electron chi connectivity index (χ3n) is 9.72. The van der Waals surface area contributed by atoms with Crippen molar-refractivity contribution in [3.05, 3.63) is 24.3 Å². The van der Waals surface area contributed by atoms with Crippen molar-refractivity contribution < 1.29 is 42.1 Å². The van der Waals surface area contributed by atoms with E-state index >= 15 is 0 Å². The van der Waals surface area contributed by atoms with Gasteiger partial charge in [-0.25, -0.2) is 0 Å². The molecule has 0 aliphatic rings. The van der Waals surface area contributed by atoms with Gasteiger partial charge in [0.25, 0.3) is 7.82 Å². The number of ether oxygens (including phenoxy) is 2. The summed E-state index contributed by atoms with van der Waals surface area (Å²) in [4.78, 5) is 37.2. The second-order valence-corrected chi connectivity index (χ2v) is 17.8. The van der Waals surface area contributed by atoms with Crippen LogP contribution in [0.2, 0.25) is 0 Å². The van der Waals surface area contributed by atoms with Crippen molar-refractivity contribution in [1.82, 2.24) is 0 Å². The molecule has 0 rings (SSSR count). The molecule has 0 radical (unpaired) electrons. The molecule has 0 aliphatic heterocycles. The van der Waals surface area contributed by atoms with Gasteiger partial charge in [0.2, 0.25) is 0 Å². The summed E-state index contributed by atoms with van der Waals surface area (Å²) in [6.07, 6.45) is 41.0. The minimum absolute atomic E-state index is 0.0292. The molecule has 0 aromatic rings. The number of phosphoric ester groups is 1. The molecule has 10 heteroatoms. The third kappa shape index (κ3) is 41.9. The van der Waals surface area contributed by atoms with E-state index in [1.54, 1.807) is 0 Å². The summed E-state index contributed by atoms with van der Waals surface area (Å²) in [5.74, 6) is -0.840. The standard InChI is InChI=1S/C45H86NO8P/c1-6-8-10-12-14-15-16-17-18-19-20-21-22-23-24-25-26-27-28-29-30-31-32-34-36-38-45(48)54-43(41-51-44(47)37-35-33-13-11-9-7-2)42-53-55(49,50)52-40-39-46(3,4)5/h16-17,19-20,43H,6-15,18,21-42H2,1-5H3/b17-16-,20-19-. The molecular formula is C45H86NO8P. The molecule has 0 aromatic carbocycles. The van der Waals surface area contributed by atoms with Crippen LogP contribution in [-0.2, 0) is 32.7 Å². The first-order chi connectivity index (χ1) is 26.5. The zero-order chi connectivity index (χ0) is 40.7. The minimum atomic E-state index is -4.61. The van der Waals surface area contributed by atoms with Crippen molar-refractivity contribution in [3.8, 4) is 0 Å². The van der Waals surface area contributed by atoms with Crippen molar-refractivity contribution in [3.63, 3.8) is 0 Å². The Morgan fingerprint density at radius 3 is 1.44 bits per heavy atom. The number of allylic oxidation sites excluding steroid dienone is 4. The van der Waals surface area contributed by atoms with E-state index in [4.69, 9.17) is 18.5 Å². The first-order valence-corrected chi connectivity index (χ1v) is 24.0. The topological polar surface area (TPSA) is 111 Å². The fourth-order valence-electron chi connectivity index (χ4n) is 6.16. The van der Waals surface area contributed by atoms with Crippen LogP contribution in [0.1, 0.15) is 200 Å². The predicted molar refractivity (Wildman–Crippen MR) is 227 cm³/mol. The maximum absolute atomic E-state index is 12.6. The molecule has 2 unspecified atom stereocenters. The molecule has 0 fully saturated rings. The largest absolute Gasteiger partial charge is 0.756 e. The zero-order valence-electron chi connectivity index (χ0n) is 36.4. The van der Waals surface area contributed by atoms with Gasteiger partial charge >= 0.3 is 11.9 Å². The van der Waals surface area contributed by atoms with Gasteiger partial charge in [-0.15, -0.1) is 0 Å². The Hall–Kier alpha value is -1.51. The van der Waals surface area contributed by atoms with Crippen LogP contribution < -0.4 is 4.89 Å². The molecule has 0 N–H and O–H groups in total. The molecule has 55 heavy (non-hydrogen) atoms. The van der Waals surface area contributed by atoms with Crippen LogP contribution in [-0.4, -0.2) is 70.0 Å². The second kappa shape index (κ2) is 38.0. The lowest BCUT2D eigenvalue weighted by Gasteiger charge is -2.28. The molecule has 2 atom stereocenters. The van der Waals surface area contributed by atoms with E-state index in [0.717, 1.165) is 51.4 Å². The lowest BCUT2D eigenvalue weighted by molar-refractivity contribution is -0.870. The summed E-state index contributed by atoms with van der Waals surface area (Å²) in [7, 11) is 1.17. The van der Waals surface area contributed by atoms with Crippen LogP contribution in [0.3, 0.4) is 0 Å². The average Bonchev–Trinajstić information content (AvgIpc) is 3.13. The summed E-state index contributed by atoms with van der Waals surface area (Å²) >= 11 is 0. The number of hydrogen-bond donors (Lipinski definition) is 0. The van der Waals surface area contributed by atoms with E-state index in [1.807, 2.05) is 21.1 Å². The fourth-order valence-corrected chi connectivity index (χ4v) is 6.88. The summed E-state index contributed by atoms with van der Waals surface area (Å²) < 4.78 is 33.7. The Morgan fingerprint density at radius 2 is 0.982 bits per heavy atom. The molecule has 0 saturated carbocycles. The van der Waals surface area contributed by atoms with Crippen molar-refractivity contribution in [1.29, 1.82) is 0 Å². The smallest absolute Gasteiger partial charge is 0.306 e. The molecule has 0 bridgehead atoms. The predicted octanol–water partition coefficient (Wildman–Crippen LogP) is 12.1. The number of rotatable bonds is 41. The number of carbonyl (C=O) groups excluding carboxylic acids is 2. The number of nitrogens with zero attached hydrogens (tertiary/aromatic N) is 1. The van der Waals surface area contributed by atoms with Crippen LogP contribution in [0.4, 0.5) is 0 Å². The highest BCUT2D eigenvalue weighted by Crippen LogP contribution is 2.38. The van der Waals surface area contributed by atoms with E-state index < -0.39 is 32.5 Å². The SMILES string of the molecule is CCCCCCC/C=C\C/C=C\CCCCCCCCCCCCCCCC(=O)OC(COC(=O)CCCCCCCC)COP(=O)([O-])OCC[N+](C)(C)C. The first-order valence-electron chi connectivity index (χ1n) is 22.5. The highest BCUT2D eigenvalue weighted by atomic mass is 31.2. The van der Waals surface area contributed by atoms with Gasteiger partial charge in [0.15, 0.2) is 6.10 Å². The Balaban J connectivity index is 4.07. The molecular weight excluding hydrogens is 713 g/mol. The highest BCUT2D eigenvalue weighted by Gasteiger charge is 2.21. The molecule has 324 valence electrons. The molecule has 0 aromatic heterocycles. The van der Waals surface area contributed by atoms with Gasteiger partial charge in [-0.2, -0.15) is 0 Å². The van der Waals surface area contributed by atoms with E-state index in [2.05, 4.69) is 38.2 Å². The van der Waals surface area contributed by atoms with E-state index in [-0.39, 0.29) is 26.1 Å². The van der Waals surface area contributed by atoms with Gasteiger partial charge < -0.3 is 27.9 Å². The molecule has 0 spiro atoms. The minimum Gasteiger partial charge on any atom is -0.756 e. The Labute approximate surface area is 339 Å². The van der Waals surface area contributed by atoms with Crippen LogP contribution in [0, 0.1) is 0 Å². The number of hydrogen-bond acceptors (Lipinski definition) is 8. The van der Waals surface area contributed by atoms with Crippen molar-refractivity contribution in [2.24, 2.45) is 0 Å². The number of phosphoric acid groups is 1. The van der Waals surface area contributed by atoms with E-state index in [1.165, 1.54) is 116 Å². The normalized spacial score (nSPS) is 13.8. The molecule has 0 heterocycles. The Kier molecular flexibility index (Phi) is 37.0. The summed E-state index contributed by atoms with van der Waals surface area (Å²) in [6, 6.07) is 0. The van der Waals surface area contributed by atoms with Gasteiger partial charge in [-0.3, -0.25) is 14.2 Å². The van der Waals surface area contributed by atoms with Crippen LogP contribution in [0.25, 0.3) is 0 Å². The number of likely N-dealkylation sites (N-methyl/N-ethyl adjacent to an activating group) is 1. The van der Waals surface area contributed by atoms with Crippen LogP contribution >= 0.6 is 7.82 Å². The average molecular weight is 800 g/mol. The maximum Gasteiger partial charge on any atom is 0.306 e. The lowest BCUT2D eigenvalue weighted by Crippen LogP contribution is -2.37. The monoisotopic (exact) mass is 800 g/mol. The first kappa shape index (κ1) is 53.5. The molecule has 9 nitrogen and oxygen atoms in total. The van der Waals surface area contributed by atoms with Gasteiger partial charge in [-0.05, 0) is 44.9 Å². The van der Waals surface area contributed by atoms with Gasteiger partial charge in [-0.1, -0.05) is 167 Å². The summed E-state index contributed by atoms with van der Waals surface area (Å²) in [5.41, 5.74) is 0. The van der Waals surface area contributed by atoms with Crippen molar-refractivity contribution >= 4 is 19.8 Å². The van der Waals surface area contributed by atoms with Gasteiger partial charge in [0.05, 0.1) is 27.7 Å². The highest BCUT2D eigenvalue weighted by molar-refractivity contribution is 7.45. The maximum atomic E-state index is 12.6. The molecule has 0 aliphatic carbocycles. The summed E-state index contributed by atoms with van der Waals surface area (Å²) in [6.45, 7) is 4.15. The van der Waals surface area contributed by atoms with Crippen molar-refractivity contribution in [2.45, 2.75) is 206 Å².